The van der Waals surface area contributed by atoms with Gasteiger partial charge in [-0.1, -0.05) is 24.3 Å². The van der Waals surface area contributed by atoms with E-state index < -0.39 is 0 Å². The van der Waals surface area contributed by atoms with Crippen LogP contribution in [-0.4, -0.2) is 29.0 Å². The fourth-order valence-electron chi connectivity index (χ4n) is 2.61. The van der Waals surface area contributed by atoms with Crippen LogP contribution in [0.2, 0.25) is 0 Å². The highest BCUT2D eigenvalue weighted by molar-refractivity contribution is 5.94. The first-order valence-electron chi connectivity index (χ1n) is 7.91. The first kappa shape index (κ1) is 15.8. The number of nitrogens with zero attached hydrogens (tertiary/aromatic N) is 1. The van der Waals surface area contributed by atoms with Crippen LogP contribution in [0, 0.1) is 0 Å². The molecule has 2 aromatic heterocycles. The molecular formula is C19H20N4O. The highest BCUT2D eigenvalue weighted by atomic mass is 16.1. The minimum absolute atomic E-state index is 0.150. The van der Waals surface area contributed by atoms with Crippen LogP contribution in [0.15, 0.2) is 61.6 Å². The molecule has 0 bridgehead atoms. The average Bonchev–Trinajstić information content (AvgIpc) is 3.03. The van der Waals surface area contributed by atoms with Gasteiger partial charge in [0, 0.05) is 42.6 Å². The second kappa shape index (κ2) is 7.46. The topological polar surface area (TPSA) is 69.8 Å². The second-order valence-electron chi connectivity index (χ2n) is 5.50. The van der Waals surface area contributed by atoms with E-state index in [9.17, 15) is 4.79 Å². The molecule has 3 aromatic rings. The number of benzene rings is 1. The second-order valence-corrected chi connectivity index (χ2v) is 5.50. The molecule has 0 spiro atoms. The smallest absolute Gasteiger partial charge is 0.253 e. The molecule has 0 aliphatic carbocycles. The number of pyridine rings is 1. The Balaban J connectivity index is 1.60. The third-order valence-corrected chi connectivity index (χ3v) is 3.81. The summed E-state index contributed by atoms with van der Waals surface area (Å²) < 4.78 is 0. The van der Waals surface area contributed by atoms with E-state index in [-0.39, 0.29) is 5.91 Å². The predicted molar refractivity (Wildman–Crippen MR) is 97.3 cm³/mol. The van der Waals surface area contributed by atoms with Crippen LogP contribution >= 0.6 is 0 Å². The molecule has 2 heterocycles. The van der Waals surface area contributed by atoms with E-state index in [1.807, 2.05) is 18.3 Å². The van der Waals surface area contributed by atoms with Gasteiger partial charge in [-0.25, -0.2) is 0 Å². The highest BCUT2D eigenvalue weighted by Crippen LogP contribution is 2.18. The van der Waals surface area contributed by atoms with Crippen molar-refractivity contribution in [3.8, 4) is 0 Å². The number of fused-ring (bicyclic) bond motifs is 1. The van der Waals surface area contributed by atoms with E-state index >= 15 is 0 Å². The molecule has 0 atom stereocenters. The van der Waals surface area contributed by atoms with Crippen molar-refractivity contribution in [2.75, 3.05) is 18.4 Å². The number of H-pyrrole nitrogens is 1. The zero-order valence-electron chi connectivity index (χ0n) is 13.4. The van der Waals surface area contributed by atoms with Crippen LogP contribution in [-0.2, 0) is 6.42 Å². The molecule has 0 aliphatic rings. The summed E-state index contributed by atoms with van der Waals surface area (Å²) in [7, 11) is 0. The molecule has 5 nitrogen and oxygen atoms in total. The predicted octanol–water partition coefficient (Wildman–Crippen LogP) is 3.13. The normalized spacial score (nSPS) is 10.5. The van der Waals surface area contributed by atoms with Gasteiger partial charge in [0.1, 0.15) is 0 Å². The Hall–Kier alpha value is -3.08. The monoisotopic (exact) mass is 320 g/mol. The summed E-state index contributed by atoms with van der Waals surface area (Å²) in [6.45, 7) is 4.79. The van der Waals surface area contributed by atoms with Crippen LogP contribution in [0.25, 0.3) is 10.9 Å². The van der Waals surface area contributed by atoms with E-state index in [0.717, 1.165) is 24.2 Å². The van der Waals surface area contributed by atoms with Crippen LogP contribution in [0.3, 0.4) is 0 Å². The molecule has 0 saturated carbocycles. The van der Waals surface area contributed by atoms with E-state index in [1.165, 1.54) is 10.9 Å². The molecule has 0 unspecified atom stereocenters. The lowest BCUT2D eigenvalue weighted by molar-refractivity contribution is 0.0957. The summed E-state index contributed by atoms with van der Waals surface area (Å²) in [5, 5.41) is 7.31. The largest absolute Gasteiger partial charge is 0.383 e. The highest BCUT2D eigenvalue weighted by Gasteiger charge is 2.06. The Morgan fingerprint density at radius 2 is 2.17 bits per heavy atom. The van der Waals surface area contributed by atoms with Crippen molar-refractivity contribution in [3.05, 3.63) is 72.7 Å². The van der Waals surface area contributed by atoms with Crippen molar-refractivity contribution < 1.29 is 4.79 Å². The minimum atomic E-state index is -0.150. The van der Waals surface area contributed by atoms with Crippen molar-refractivity contribution in [2.24, 2.45) is 0 Å². The van der Waals surface area contributed by atoms with E-state index in [2.05, 4.69) is 39.3 Å². The van der Waals surface area contributed by atoms with Crippen LogP contribution in [0.5, 0.6) is 0 Å². The van der Waals surface area contributed by atoms with Crippen molar-refractivity contribution in [3.63, 3.8) is 0 Å². The zero-order valence-corrected chi connectivity index (χ0v) is 13.4. The Bertz CT molecular complexity index is 853. The molecule has 0 aliphatic heterocycles. The van der Waals surface area contributed by atoms with Gasteiger partial charge in [0.2, 0.25) is 0 Å². The third-order valence-electron chi connectivity index (χ3n) is 3.81. The molecular weight excluding hydrogens is 300 g/mol. The first-order chi connectivity index (χ1) is 11.8. The maximum atomic E-state index is 11.9. The molecule has 3 N–H and O–H groups in total. The Kier molecular flexibility index (Phi) is 4.91. The number of aromatic nitrogens is 2. The van der Waals surface area contributed by atoms with Crippen LogP contribution < -0.4 is 10.6 Å². The zero-order chi connectivity index (χ0) is 16.8. The number of nitrogens with one attached hydrogen (secondary N) is 3. The van der Waals surface area contributed by atoms with Crippen LogP contribution in [0.4, 0.5) is 5.69 Å². The summed E-state index contributed by atoms with van der Waals surface area (Å²) in [6, 6.07) is 10.1. The maximum absolute atomic E-state index is 11.9. The standard InChI is InChI=1S/C19H20N4O/c1-2-8-22-19(24)15-10-16(13-20-11-15)21-9-7-14-12-23-18-6-4-3-5-17(14)18/h2-6,10-13,21,23H,1,7-9H2,(H,22,24). The molecule has 5 heteroatoms. The first-order valence-corrected chi connectivity index (χ1v) is 7.91. The summed E-state index contributed by atoms with van der Waals surface area (Å²) in [5.74, 6) is -0.150. The number of hydrogen-bond acceptors (Lipinski definition) is 3. The number of rotatable bonds is 7. The van der Waals surface area contributed by atoms with E-state index in [4.69, 9.17) is 0 Å². The van der Waals surface area contributed by atoms with Crippen molar-refractivity contribution >= 4 is 22.5 Å². The van der Waals surface area contributed by atoms with Gasteiger partial charge < -0.3 is 15.6 Å². The van der Waals surface area contributed by atoms with Crippen molar-refractivity contribution in [1.29, 1.82) is 0 Å². The number of carbonyl (C=O) groups is 1. The number of amides is 1. The van der Waals surface area contributed by atoms with Crippen molar-refractivity contribution in [1.82, 2.24) is 15.3 Å². The van der Waals surface area contributed by atoms with Gasteiger partial charge in [-0.2, -0.15) is 0 Å². The summed E-state index contributed by atoms with van der Waals surface area (Å²) in [6.07, 6.45) is 7.86. The van der Waals surface area contributed by atoms with Gasteiger partial charge in [0.25, 0.3) is 5.91 Å². The lowest BCUT2D eigenvalue weighted by Crippen LogP contribution is -2.23. The lowest BCUT2D eigenvalue weighted by Gasteiger charge is -2.08. The Morgan fingerprint density at radius 1 is 1.29 bits per heavy atom. The SMILES string of the molecule is C=CCNC(=O)c1cncc(NCCc2c[nH]c3ccccc23)c1. The fraction of sp³-hybridized carbons (Fsp3) is 0.158. The van der Waals surface area contributed by atoms with E-state index in [0.29, 0.717) is 12.1 Å². The lowest BCUT2D eigenvalue weighted by atomic mass is 10.1. The number of anilines is 1. The van der Waals surface area contributed by atoms with Gasteiger partial charge in [-0.05, 0) is 24.1 Å². The quantitative estimate of drug-likeness (QED) is 0.586. The number of para-hydroxylation sites is 1. The summed E-state index contributed by atoms with van der Waals surface area (Å²) in [5.41, 5.74) is 3.79. The average molecular weight is 320 g/mol. The van der Waals surface area contributed by atoms with Crippen molar-refractivity contribution in [2.45, 2.75) is 6.42 Å². The molecule has 1 amide bonds. The molecule has 0 saturated heterocycles. The van der Waals surface area contributed by atoms with Gasteiger partial charge in [0.15, 0.2) is 0 Å². The molecule has 122 valence electrons. The Morgan fingerprint density at radius 3 is 3.04 bits per heavy atom. The molecule has 0 fully saturated rings. The van der Waals surface area contributed by atoms with Gasteiger partial charge in [0.05, 0.1) is 11.3 Å². The van der Waals surface area contributed by atoms with Gasteiger partial charge in [-0.15, -0.1) is 6.58 Å². The third kappa shape index (κ3) is 3.63. The number of carbonyl (C=O) groups excluding carboxylic acids is 1. The number of aromatic amines is 1. The number of hydrogen-bond donors (Lipinski definition) is 3. The maximum Gasteiger partial charge on any atom is 0.253 e. The summed E-state index contributed by atoms with van der Waals surface area (Å²) >= 11 is 0. The Labute approximate surface area is 140 Å². The molecule has 24 heavy (non-hydrogen) atoms. The molecule has 1 aromatic carbocycles. The van der Waals surface area contributed by atoms with Gasteiger partial charge >= 0.3 is 0 Å². The van der Waals surface area contributed by atoms with Crippen LogP contribution in [0.1, 0.15) is 15.9 Å². The summed E-state index contributed by atoms with van der Waals surface area (Å²) in [4.78, 5) is 19.3. The minimum Gasteiger partial charge on any atom is -0.383 e. The van der Waals surface area contributed by atoms with Gasteiger partial charge in [-0.3, -0.25) is 9.78 Å². The molecule has 3 rings (SSSR count). The fourth-order valence-corrected chi connectivity index (χ4v) is 2.61. The van der Waals surface area contributed by atoms with E-state index in [1.54, 1.807) is 24.5 Å². The molecule has 0 radical (unpaired) electrons.